The van der Waals surface area contributed by atoms with E-state index < -0.39 is 5.97 Å². The third kappa shape index (κ3) is 4.99. The zero-order valence-corrected chi connectivity index (χ0v) is 23.3. The number of rotatable bonds is 6. The summed E-state index contributed by atoms with van der Waals surface area (Å²) < 4.78 is 0. The molecule has 5 rings (SSSR count). The van der Waals surface area contributed by atoms with Gasteiger partial charge in [-0.2, -0.15) is 0 Å². The SMILES string of the molecule is C[C@H](CCC(=O)NC1CCCC(C(=O)O)C1)[C@H]1CC[C@H]2[C@@H]3[C@@H](O)C[C@@H]4C[C@H](O)CC[C@]4(C)[C@H]3CC[C@]12C. The Morgan fingerprint density at radius 3 is 2.41 bits per heavy atom. The smallest absolute Gasteiger partial charge is 0.306 e. The molecule has 210 valence electrons. The Kier molecular flexibility index (Phi) is 7.74. The molecule has 12 atom stereocenters. The average Bonchev–Trinajstić information content (AvgIpc) is 3.21. The molecule has 1 amide bonds. The van der Waals surface area contributed by atoms with Crippen LogP contribution in [0, 0.1) is 52.3 Å². The Hall–Kier alpha value is -1.14. The molecule has 2 unspecified atom stereocenters. The maximum absolute atomic E-state index is 12.8. The molecule has 0 saturated heterocycles. The second kappa shape index (κ2) is 10.4. The van der Waals surface area contributed by atoms with Gasteiger partial charge in [-0.1, -0.05) is 27.2 Å². The molecular weight excluding hydrogens is 466 g/mol. The molecule has 5 fully saturated rings. The van der Waals surface area contributed by atoms with E-state index in [9.17, 15) is 24.9 Å². The molecule has 5 saturated carbocycles. The Morgan fingerprint density at radius 1 is 0.919 bits per heavy atom. The number of hydrogen-bond acceptors (Lipinski definition) is 4. The van der Waals surface area contributed by atoms with Gasteiger partial charge in [-0.3, -0.25) is 9.59 Å². The Balaban J connectivity index is 1.19. The highest BCUT2D eigenvalue weighted by molar-refractivity contribution is 5.76. The van der Waals surface area contributed by atoms with Crippen LogP contribution in [0.2, 0.25) is 0 Å². The van der Waals surface area contributed by atoms with Crippen molar-refractivity contribution in [2.75, 3.05) is 0 Å². The molecule has 6 heteroatoms. The highest BCUT2D eigenvalue weighted by atomic mass is 16.4. The van der Waals surface area contributed by atoms with Crippen molar-refractivity contribution in [2.24, 2.45) is 52.3 Å². The van der Waals surface area contributed by atoms with Crippen molar-refractivity contribution in [3.05, 3.63) is 0 Å². The molecule has 0 heterocycles. The third-order valence-electron chi connectivity index (χ3n) is 12.6. The molecule has 5 aliphatic rings. The van der Waals surface area contributed by atoms with Crippen molar-refractivity contribution in [2.45, 2.75) is 129 Å². The number of carbonyl (C=O) groups is 2. The Morgan fingerprint density at radius 2 is 1.65 bits per heavy atom. The number of aliphatic hydroxyl groups is 2. The predicted octanol–water partition coefficient (Wildman–Crippen LogP) is 5.15. The number of carboxylic acids is 1. The zero-order valence-electron chi connectivity index (χ0n) is 23.3. The minimum absolute atomic E-state index is 0.000178. The van der Waals surface area contributed by atoms with Crippen molar-refractivity contribution in [1.29, 1.82) is 0 Å². The average molecular weight is 518 g/mol. The van der Waals surface area contributed by atoms with Gasteiger partial charge in [0.1, 0.15) is 0 Å². The molecule has 0 aromatic rings. The molecule has 6 nitrogen and oxygen atoms in total. The summed E-state index contributed by atoms with van der Waals surface area (Å²) in [4.78, 5) is 24.1. The van der Waals surface area contributed by atoms with Crippen LogP contribution in [0.5, 0.6) is 0 Å². The van der Waals surface area contributed by atoms with E-state index in [0.29, 0.717) is 48.3 Å². The highest BCUT2D eigenvalue weighted by Crippen LogP contribution is 2.68. The van der Waals surface area contributed by atoms with Crippen LogP contribution in [0.4, 0.5) is 0 Å². The van der Waals surface area contributed by atoms with Crippen LogP contribution in [-0.4, -0.2) is 45.4 Å². The standard InChI is InChI=1S/C31H51NO5/c1-18(7-10-27(35)32-21-6-4-5-19(15-21)29(36)37)23-8-9-24-28-25(12-14-31(23,24)3)30(2)13-11-22(33)16-20(30)17-26(28)34/h18-26,28,33-34H,4-17H2,1-3H3,(H,32,35)(H,36,37)/t18-,19?,20+,21?,22-,23-,24+,25+,26+,28+,30+,31-/m1/s1. The fraction of sp³-hybridized carbons (Fsp3) is 0.935. The van der Waals surface area contributed by atoms with Crippen LogP contribution in [0.3, 0.4) is 0 Å². The van der Waals surface area contributed by atoms with E-state index in [1.54, 1.807) is 0 Å². The van der Waals surface area contributed by atoms with Crippen molar-refractivity contribution in [3.63, 3.8) is 0 Å². The van der Waals surface area contributed by atoms with E-state index in [0.717, 1.165) is 51.4 Å². The Labute approximate surface area is 223 Å². The molecule has 0 radical (unpaired) electrons. The first-order valence-corrected chi connectivity index (χ1v) is 15.4. The van der Waals surface area contributed by atoms with Crippen LogP contribution in [-0.2, 0) is 9.59 Å². The first kappa shape index (κ1) is 27.4. The van der Waals surface area contributed by atoms with Gasteiger partial charge in [0.05, 0.1) is 18.1 Å². The van der Waals surface area contributed by atoms with Crippen molar-refractivity contribution < 1.29 is 24.9 Å². The van der Waals surface area contributed by atoms with E-state index in [-0.39, 0.29) is 40.9 Å². The first-order chi connectivity index (χ1) is 17.5. The van der Waals surface area contributed by atoms with Gasteiger partial charge in [-0.15, -0.1) is 0 Å². The van der Waals surface area contributed by atoms with Gasteiger partial charge in [0.15, 0.2) is 0 Å². The summed E-state index contributed by atoms with van der Waals surface area (Å²) in [5.74, 6) is 2.01. The molecular formula is C31H51NO5. The van der Waals surface area contributed by atoms with Crippen molar-refractivity contribution in [1.82, 2.24) is 5.32 Å². The minimum atomic E-state index is -0.736. The fourth-order valence-electron chi connectivity index (χ4n) is 10.6. The van der Waals surface area contributed by atoms with Gasteiger partial charge < -0.3 is 20.6 Å². The minimum Gasteiger partial charge on any atom is -0.481 e. The summed E-state index contributed by atoms with van der Waals surface area (Å²) in [6, 6.07) is 0.000178. The second-order valence-corrected chi connectivity index (χ2v) is 14.4. The van der Waals surface area contributed by atoms with E-state index in [4.69, 9.17) is 0 Å². The van der Waals surface area contributed by atoms with Crippen LogP contribution in [0.25, 0.3) is 0 Å². The number of hydrogen-bond donors (Lipinski definition) is 4. The third-order valence-corrected chi connectivity index (χ3v) is 12.6. The monoisotopic (exact) mass is 517 g/mol. The number of amides is 1. The number of nitrogens with one attached hydrogen (secondary N) is 1. The normalized spacial score (nSPS) is 48.3. The lowest BCUT2D eigenvalue weighted by Gasteiger charge is -2.62. The molecule has 4 N–H and O–H groups in total. The van der Waals surface area contributed by atoms with E-state index in [1.807, 2.05) is 0 Å². The summed E-state index contributed by atoms with van der Waals surface area (Å²) >= 11 is 0. The van der Waals surface area contributed by atoms with Gasteiger partial charge in [0, 0.05) is 12.5 Å². The van der Waals surface area contributed by atoms with Crippen LogP contribution in [0.1, 0.15) is 111 Å². The number of fused-ring (bicyclic) bond motifs is 5. The topological polar surface area (TPSA) is 107 Å². The van der Waals surface area contributed by atoms with Crippen LogP contribution in [0.15, 0.2) is 0 Å². The molecule has 0 bridgehead atoms. The van der Waals surface area contributed by atoms with Gasteiger partial charge in [0.2, 0.25) is 5.91 Å². The lowest BCUT2D eigenvalue weighted by atomic mass is 9.43. The summed E-state index contributed by atoms with van der Waals surface area (Å²) in [7, 11) is 0. The summed E-state index contributed by atoms with van der Waals surface area (Å²) in [5.41, 5.74) is 0.485. The summed E-state index contributed by atoms with van der Waals surface area (Å²) in [6.45, 7) is 7.28. The molecule has 37 heavy (non-hydrogen) atoms. The summed E-state index contributed by atoms with van der Waals surface area (Å²) in [5, 5.41) is 34.2. The summed E-state index contributed by atoms with van der Waals surface area (Å²) in [6.07, 6.45) is 12.5. The van der Waals surface area contributed by atoms with E-state index in [1.165, 1.54) is 25.7 Å². The lowest BCUT2D eigenvalue weighted by Crippen LogP contribution is -2.58. The van der Waals surface area contributed by atoms with Crippen molar-refractivity contribution in [3.8, 4) is 0 Å². The molecule has 0 spiro atoms. The number of carbonyl (C=O) groups excluding carboxylic acids is 1. The molecule has 0 aromatic carbocycles. The number of aliphatic carboxylic acids is 1. The van der Waals surface area contributed by atoms with Gasteiger partial charge in [0.25, 0.3) is 0 Å². The predicted molar refractivity (Wildman–Crippen MR) is 143 cm³/mol. The zero-order chi connectivity index (χ0) is 26.5. The van der Waals surface area contributed by atoms with Crippen molar-refractivity contribution >= 4 is 11.9 Å². The number of carboxylic acid groups (broad SMARTS) is 1. The maximum atomic E-state index is 12.8. The van der Waals surface area contributed by atoms with Crippen LogP contribution >= 0.6 is 0 Å². The largest absolute Gasteiger partial charge is 0.481 e. The quantitative estimate of drug-likeness (QED) is 0.390. The maximum Gasteiger partial charge on any atom is 0.306 e. The fourth-order valence-corrected chi connectivity index (χ4v) is 10.6. The van der Waals surface area contributed by atoms with Gasteiger partial charge >= 0.3 is 5.97 Å². The van der Waals surface area contributed by atoms with Crippen LogP contribution < -0.4 is 5.32 Å². The van der Waals surface area contributed by atoms with Gasteiger partial charge in [-0.25, -0.2) is 0 Å². The highest BCUT2D eigenvalue weighted by Gasteiger charge is 2.62. The Bertz CT molecular complexity index is 863. The first-order valence-electron chi connectivity index (χ1n) is 15.4. The van der Waals surface area contributed by atoms with E-state index >= 15 is 0 Å². The molecule has 5 aliphatic carbocycles. The van der Waals surface area contributed by atoms with Gasteiger partial charge in [-0.05, 0) is 123 Å². The lowest BCUT2D eigenvalue weighted by molar-refractivity contribution is -0.174. The molecule has 0 aromatic heterocycles. The van der Waals surface area contributed by atoms with E-state index in [2.05, 4.69) is 26.1 Å². The molecule has 0 aliphatic heterocycles. The second-order valence-electron chi connectivity index (χ2n) is 14.4. The number of aliphatic hydroxyl groups excluding tert-OH is 2.